The maximum absolute atomic E-state index is 5.48. The molecule has 0 N–H and O–H groups in total. The zero-order valence-corrected chi connectivity index (χ0v) is 16.9. The predicted molar refractivity (Wildman–Crippen MR) is 98.7 cm³/mol. The van der Waals surface area contributed by atoms with E-state index in [4.69, 9.17) is 13.3 Å². The highest BCUT2D eigenvalue weighted by Gasteiger charge is 2.37. The van der Waals surface area contributed by atoms with Crippen LogP contribution in [-0.4, -0.2) is 38.2 Å². The van der Waals surface area contributed by atoms with Crippen LogP contribution in [0.4, 0.5) is 0 Å². The normalized spacial score (nSPS) is 15.7. The summed E-state index contributed by atoms with van der Waals surface area (Å²) in [7, 11) is 1.31. The van der Waals surface area contributed by atoms with Gasteiger partial charge in [0.2, 0.25) is 0 Å². The summed E-state index contributed by atoms with van der Waals surface area (Å²) >= 11 is 0. The molecule has 0 aliphatic heterocycles. The van der Waals surface area contributed by atoms with E-state index in [1.807, 2.05) is 0 Å². The van der Waals surface area contributed by atoms with E-state index in [1.165, 1.54) is 0 Å². The molecule has 0 bridgehead atoms. The van der Waals surface area contributed by atoms with Crippen LogP contribution in [0.15, 0.2) is 35.6 Å². The first kappa shape index (κ1) is 19.6. The van der Waals surface area contributed by atoms with Gasteiger partial charge in [0.05, 0.1) is 8.07 Å². The maximum Gasteiger partial charge on any atom is 0.500 e. The Morgan fingerprint density at radius 2 is 1.73 bits per heavy atom. The smallest absolute Gasteiger partial charge is 0.377 e. The van der Waals surface area contributed by atoms with Crippen LogP contribution in [0.3, 0.4) is 0 Å². The van der Waals surface area contributed by atoms with Gasteiger partial charge in [-0.2, -0.15) is 0 Å². The Bertz CT molecular complexity index is 415. The quantitative estimate of drug-likeness (QED) is 0.309. The van der Waals surface area contributed by atoms with Crippen molar-refractivity contribution in [3.63, 3.8) is 0 Å². The summed E-state index contributed by atoms with van der Waals surface area (Å²) in [5.74, 6) is 0. The third-order valence-electron chi connectivity index (χ3n) is 4.53. The largest absolute Gasteiger partial charge is 0.500 e. The van der Waals surface area contributed by atoms with Crippen molar-refractivity contribution < 1.29 is 13.3 Å². The van der Waals surface area contributed by atoms with Crippen molar-refractivity contribution in [3.05, 3.63) is 35.6 Å². The molecule has 0 heterocycles. The van der Waals surface area contributed by atoms with Gasteiger partial charge in [-0.25, -0.2) is 0 Å². The van der Waals surface area contributed by atoms with E-state index in [2.05, 4.69) is 37.9 Å². The number of rotatable bonds is 11. The first-order chi connectivity index (χ1) is 10.4. The summed E-state index contributed by atoms with van der Waals surface area (Å²) in [5.41, 5.74) is 1.57. The fraction of sp³-hybridized carbons (Fsp3) is 0.647. The summed E-state index contributed by atoms with van der Waals surface area (Å²) in [6.07, 6.45) is 11.4. The Balaban J connectivity index is 2.49. The lowest BCUT2D eigenvalue weighted by Crippen LogP contribution is -2.42. The fourth-order valence-electron chi connectivity index (χ4n) is 3.19. The van der Waals surface area contributed by atoms with Crippen molar-refractivity contribution in [2.75, 3.05) is 21.3 Å². The Morgan fingerprint density at radius 1 is 1.09 bits per heavy atom. The van der Waals surface area contributed by atoms with Crippen molar-refractivity contribution >= 4 is 16.9 Å². The molecule has 0 aromatic carbocycles. The molecular weight excluding hydrogens is 308 g/mol. The SMILES string of the molecule is C=CC[Si](C)(C)C1=CCC=C1CCCC[Si](OC)(OC)OC. The molecule has 0 aromatic heterocycles. The second-order valence-corrected chi connectivity index (χ2v) is 14.3. The lowest BCUT2D eigenvalue weighted by Gasteiger charge is -2.26. The van der Waals surface area contributed by atoms with Crippen molar-refractivity contribution in [3.8, 4) is 0 Å². The lowest BCUT2D eigenvalue weighted by atomic mass is 10.1. The second-order valence-electron chi connectivity index (χ2n) is 6.46. The van der Waals surface area contributed by atoms with E-state index in [0.717, 1.165) is 37.8 Å². The number of unbranched alkanes of at least 4 members (excludes halogenated alkanes) is 1. The molecule has 1 rings (SSSR count). The first-order valence-corrected chi connectivity index (χ1v) is 13.2. The van der Waals surface area contributed by atoms with E-state index < -0.39 is 16.9 Å². The number of allylic oxidation sites excluding steroid dienone is 5. The lowest BCUT2D eigenvalue weighted by molar-refractivity contribution is 0.123. The van der Waals surface area contributed by atoms with Crippen LogP contribution < -0.4 is 0 Å². The predicted octanol–water partition coefficient (Wildman–Crippen LogP) is 4.72. The van der Waals surface area contributed by atoms with Crippen molar-refractivity contribution in [2.45, 2.75) is 50.9 Å². The van der Waals surface area contributed by atoms with Crippen LogP contribution >= 0.6 is 0 Å². The average Bonchev–Trinajstić information content (AvgIpc) is 2.98. The van der Waals surface area contributed by atoms with Crippen molar-refractivity contribution in [2.24, 2.45) is 0 Å². The molecule has 0 radical (unpaired) electrons. The minimum absolute atomic E-state index is 0.885. The van der Waals surface area contributed by atoms with E-state index in [9.17, 15) is 0 Å². The average molecular weight is 341 g/mol. The van der Waals surface area contributed by atoms with Crippen molar-refractivity contribution in [1.29, 1.82) is 0 Å². The molecule has 126 valence electrons. The summed E-state index contributed by atoms with van der Waals surface area (Å²) < 4.78 is 16.4. The van der Waals surface area contributed by atoms with Crippen molar-refractivity contribution in [1.82, 2.24) is 0 Å². The van der Waals surface area contributed by atoms with Crippen LogP contribution in [0.5, 0.6) is 0 Å². The Kier molecular flexibility index (Phi) is 7.99. The summed E-state index contributed by atoms with van der Waals surface area (Å²) in [5, 5.41) is 1.64. The van der Waals surface area contributed by atoms with Gasteiger partial charge in [-0.1, -0.05) is 42.1 Å². The number of hydrogen-bond donors (Lipinski definition) is 0. The molecule has 0 amide bonds. The van der Waals surface area contributed by atoms with E-state index in [0.29, 0.717) is 0 Å². The molecule has 0 atom stereocenters. The molecule has 3 nitrogen and oxygen atoms in total. The standard InChI is InChI=1S/C17H32O3Si2/c1-7-14-21(5,6)17-13-10-12-16(17)11-8-9-15-22(18-2,19-3)20-4/h7,12-13H,1,8-11,14-15H2,2-6H3. The van der Waals surface area contributed by atoms with Crippen LogP contribution in [0, 0.1) is 0 Å². The summed E-state index contributed by atoms with van der Waals surface area (Å²) in [4.78, 5) is 0. The van der Waals surface area contributed by atoms with Gasteiger partial charge < -0.3 is 13.3 Å². The Hall–Kier alpha value is -0.466. The van der Waals surface area contributed by atoms with Gasteiger partial charge in [-0.15, -0.1) is 6.58 Å². The Morgan fingerprint density at radius 3 is 2.27 bits per heavy atom. The van der Waals surface area contributed by atoms with Crippen LogP contribution in [0.2, 0.25) is 25.2 Å². The minimum atomic E-state index is -2.40. The highest BCUT2D eigenvalue weighted by molar-refractivity contribution is 6.85. The molecule has 0 saturated carbocycles. The van der Waals surface area contributed by atoms with Gasteiger partial charge >= 0.3 is 8.80 Å². The van der Waals surface area contributed by atoms with Gasteiger partial charge in [0.25, 0.3) is 0 Å². The highest BCUT2D eigenvalue weighted by atomic mass is 28.4. The zero-order chi connectivity index (χ0) is 16.6. The molecule has 0 saturated heterocycles. The summed E-state index contributed by atoms with van der Waals surface area (Å²) in [6, 6.07) is 2.04. The van der Waals surface area contributed by atoms with Crippen LogP contribution in [0.1, 0.15) is 25.7 Å². The van der Waals surface area contributed by atoms with Gasteiger partial charge in [-0.3, -0.25) is 0 Å². The molecule has 5 heteroatoms. The number of hydrogen-bond acceptors (Lipinski definition) is 3. The Labute approximate surface area is 138 Å². The summed E-state index contributed by atoms with van der Waals surface area (Å²) in [6.45, 7) is 8.81. The van der Waals surface area contributed by atoms with Gasteiger partial charge in [0.1, 0.15) is 0 Å². The first-order valence-electron chi connectivity index (χ1n) is 8.11. The molecule has 1 aliphatic carbocycles. The highest BCUT2D eigenvalue weighted by Crippen LogP contribution is 2.34. The second kappa shape index (κ2) is 8.98. The van der Waals surface area contributed by atoms with Gasteiger partial charge in [0, 0.05) is 27.4 Å². The van der Waals surface area contributed by atoms with Crippen LogP contribution in [0.25, 0.3) is 0 Å². The molecule has 0 fully saturated rings. The topological polar surface area (TPSA) is 27.7 Å². The van der Waals surface area contributed by atoms with Gasteiger partial charge in [-0.05, 0) is 31.7 Å². The molecule has 0 spiro atoms. The molecule has 0 aromatic rings. The third kappa shape index (κ3) is 5.03. The molecule has 1 aliphatic rings. The molecule has 0 unspecified atom stereocenters. The zero-order valence-electron chi connectivity index (χ0n) is 14.9. The molecule has 22 heavy (non-hydrogen) atoms. The van der Waals surface area contributed by atoms with Crippen LogP contribution in [-0.2, 0) is 13.3 Å². The van der Waals surface area contributed by atoms with E-state index in [-0.39, 0.29) is 0 Å². The van der Waals surface area contributed by atoms with Gasteiger partial charge in [0.15, 0.2) is 0 Å². The molecular formula is C17H32O3Si2. The third-order valence-corrected chi connectivity index (χ3v) is 10.7. The minimum Gasteiger partial charge on any atom is -0.377 e. The monoisotopic (exact) mass is 340 g/mol. The van der Waals surface area contributed by atoms with E-state index in [1.54, 1.807) is 32.1 Å². The van der Waals surface area contributed by atoms with E-state index >= 15 is 0 Å². The maximum atomic E-state index is 5.48. The fourth-order valence-corrected chi connectivity index (χ4v) is 7.70.